The molecule has 1 aromatic rings. The quantitative estimate of drug-likeness (QED) is 0.876. The van der Waals surface area contributed by atoms with Crippen molar-refractivity contribution in [2.24, 2.45) is 11.8 Å². The Hall–Kier alpha value is -1.55. The standard InChI is InChI=1S/C17H24N2O2/c1-11(2)10-21-14-5-3-4-12(8-14)19-17(20)15-9-13-6-7-16(15)18-13/h3-5,8,11,13,15-16,18H,6-7,9-10H2,1-2H3,(H,19,20). The summed E-state index contributed by atoms with van der Waals surface area (Å²) in [5.74, 6) is 1.55. The second-order valence-electron chi connectivity index (χ2n) is 6.61. The van der Waals surface area contributed by atoms with E-state index in [1.807, 2.05) is 24.3 Å². The molecule has 3 unspecified atom stereocenters. The van der Waals surface area contributed by atoms with Gasteiger partial charge in [0, 0.05) is 23.8 Å². The molecule has 114 valence electrons. The van der Waals surface area contributed by atoms with Crippen LogP contribution in [-0.2, 0) is 4.79 Å². The molecule has 1 amide bonds. The largest absolute Gasteiger partial charge is 0.493 e. The summed E-state index contributed by atoms with van der Waals surface area (Å²) < 4.78 is 5.70. The Morgan fingerprint density at radius 3 is 2.95 bits per heavy atom. The van der Waals surface area contributed by atoms with Crippen molar-refractivity contribution in [3.8, 4) is 5.75 Å². The molecule has 2 aliphatic heterocycles. The van der Waals surface area contributed by atoms with Crippen molar-refractivity contribution in [2.45, 2.75) is 45.2 Å². The van der Waals surface area contributed by atoms with Gasteiger partial charge in [0.1, 0.15) is 5.75 Å². The number of hydrogen-bond acceptors (Lipinski definition) is 3. The average Bonchev–Trinajstić information content (AvgIpc) is 3.08. The van der Waals surface area contributed by atoms with Gasteiger partial charge < -0.3 is 15.4 Å². The second-order valence-corrected chi connectivity index (χ2v) is 6.61. The van der Waals surface area contributed by atoms with E-state index in [1.54, 1.807) is 0 Å². The number of carbonyl (C=O) groups is 1. The van der Waals surface area contributed by atoms with Crippen molar-refractivity contribution in [2.75, 3.05) is 11.9 Å². The van der Waals surface area contributed by atoms with Gasteiger partial charge in [0.2, 0.25) is 5.91 Å². The molecule has 0 aliphatic carbocycles. The highest BCUT2D eigenvalue weighted by atomic mass is 16.5. The first-order valence-corrected chi connectivity index (χ1v) is 7.91. The van der Waals surface area contributed by atoms with Crippen LogP contribution in [0.5, 0.6) is 5.75 Å². The molecule has 21 heavy (non-hydrogen) atoms. The van der Waals surface area contributed by atoms with Crippen LogP contribution >= 0.6 is 0 Å². The molecular formula is C17H24N2O2. The number of hydrogen-bond donors (Lipinski definition) is 2. The average molecular weight is 288 g/mol. The zero-order valence-corrected chi connectivity index (χ0v) is 12.8. The molecule has 0 radical (unpaired) electrons. The number of anilines is 1. The second kappa shape index (κ2) is 6.06. The summed E-state index contributed by atoms with van der Waals surface area (Å²) in [7, 11) is 0. The van der Waals surface area contributed by atoms with E-state index in [2.05, 4.69) is 24.5 Å². The van der Waals surface area contributed by atoms with E-state index in [0.717, 1.165) is 24.3 Å². The normalized spacial score (nSPS) is 27.1. The molecule has 2 heterocycles. The van der Waals surface area contributed by atoms with Crippen LogP contribution < -0.4 is 15.4 Å². The first-order valence-electron chi connectivity index (χ1n) is 7.91. The molecular weight excluding hydrogens is 264 g/mol. The van der Waals surface area contributed by atoms with Gasteiger partial charge in [-0.05, 0) is 37.3 Å². The Kier molecular flexibility index (Phi) is 4.15. The van der Waals surface area contributed by atoms with Gasteiger partial charge in [-0.15, -0.1) is 0 Å². The van der Waals surface area contributed by atoms with Crippen molar-refractivity contribution in [1.82, 2.24) is 5.32 Å². The summed E-state index contributed by atoms with van der Waals surface area (Å²) in [6, 6.07) is 8.59. The SMILES string of the molecule is CC(C)COc1cccc(NC(=O)C2CC3CCC2N3)c1. The maximum absolute atomic E-state index is 12.4. The monoisotopic (exact) mass is 288 g/mol. The first kappa shape index (κ1) is 14.4. The highest BCUT2D eigenvalue weighted by Gasteiger charge is 2.42. The summed E-state index contributed by atoms with van der Waals surface area (Å²) in [6.45, 7) is 4.93. The maximum atomic E-state index is 12.4. The molecule has 2 bridgehead atoms. The lowest BCUT2D eigenvalue weighted by atomic mass is 9.88. The minimum Gasteiger partial charge on any atom is -0.493 e. The molecule has 3 atom stereocenters. The van der Waals surface area contributed by atoms with Crippen molar-refractivity contribution in [3.63, 3.8) is 0 Å². The molecule has 0 aromatic heterocycles. The third-order valence-electron chi connectivity index (χ3n) is 4.32. The number of benzene rings is 1. The van der Waals surface area contributed by atoms with Crippen LogP contribution in [0.2, 0.25) is 0 Å². The third kappa shape index (κ3) is 3.38. The lowest BCUT2D eigenvalue weighted by molar-refractivity contribution is -0.120. The van der Waals surface area contributed by atoms with E-state index in [9.17, 15) is 4.79 Å². The van der Waals surface area contributed by atoms with Crippen molar-refractivity contribution in [1.29, 1.82) is 0 Å². The molecule has 0 spiro atoms. The van der Waals surface area contributed by atoms with E-state index >= 15 is 0 Å². The van der Waals surface area contributed by atoms with Crippen LogP contribution in [0, 0.1) is 11.8 Å². The Morgan fingerprint density at radius 1 is 1.43 bits per heavy atom. The van der Waals surface area contributed by atoms with E-state index in [1.165, 1.54) is 6.42 Å². The number of fused-ring (bicyclic) bond motifs is 2. The number of amides is 1. The first-order chi connectivity index (χ1) is 10.1. The van der Waals surface area contributed by atoms with Gasteiger partial charge in [-0.25, -0.2) is 0 Å². The van der Waals surface area contributed by atoms with Gasteiger partial charge in [-0.1, -0.05) is 19.9 Å². The Labute approximate surface area is 126 Å². The minimum absolute atomic E-state index is 0.115. The highest BCUT2D eigenvalue weighted by Crippen LogP contribution is 2.34. The van der Waals surface area contributed by atoms with Crippen LogP contribution in [0.1, 0.15) is 33.1 Å². The maximum Gasteiger partial charge on any atom is 0.229 e. The fourth-order valence-electron chi connectivity index (χ4n) is 3.28. The smallest absolute Gasteiger partial charge is 0.229 e. The fourth-order valence-corrected chi connectivity index (χ4v) is 3.28. The van der Waals surface area contributed by atoms with E-state index in [4.69, 9.17) is 4.74 Å². The van der Waals surface area contributed by atoms with Crippen LogP contribution in [0.3, 0.4) is 0 Å². The highest BCUT2D eigenvalue weighted by molar-refractivity contribution is 5.93. The minimum atomic E-state index is 0.115. The van der Waals surface area contributed by atoms with Crippen molar-refractivity contribution < 1.29 is 9.53 Å². The van der Waals surface area contributed by atoms with Crippen LogP contribution in [0.15, 0.2) is 24.3 Å². The van der Waals surface area contributed by atoms with Crippen LogP contribution in [-0.4, -0.2) is 24.6 Å². The topological polar surface area (TPSA) is 50.4 Å². The Balaban J connectivity index is 1.59. The van der Waals surface area contributed by atoms with Gasteiger partial charge in [0.25, 0.3) is 0 Å². The summed E-state index contributed by atoms with van der Waals surface area (Å²) in [4.78, 5) is 12.4. The Bertz CT molecular complexity index is 515. The van der Waals surface area contributed by atoms with Gasteiger partial charge in [-0.2, -0.15) is 0 Å². The van der Waals surface area contributed by atoms with Crippen molar-refractivity contribution in [3.05, 3.63) is 24.3 Å². The number of ether oxygens (including phenoxy) is 1. The number of carbonyl (C=O) groups excluding carboxylic acids is 1. The third-order valence-corrected chi connectivity index (χ3v) is 4.32. The molecule has 2 aliphatic rings. The summed E-state index contributed by atoms with van der Waals surface area (Å²) >= 11 is 0. The molecule has 1 aromatic carbocycles. The van der Waals surface area contributed by atoms with Gasteiger partial charge in [0.15, 0.2) is 0 Å². The zero-order chi connectivity index (χ0) is 14.8. The van der Waals surface area contributed by atoms with Crippen molar-refractivity contribution >= 4 is 11.6 Å². The summed E-state index contributed by atoms with van der Waals surface area (Å²) in [6.07, 6.45) is 3.31. The summed E-state index contributed by atoms with van der Waals surface area (Å²) in [5, 5.41) is 6.54. The molecule has 2 N–H and O–H groups in total. The van der Waals surface area contributed by atoms with Gasteiger partial charge >= 0.3 is 0 Å². The molecule has 3 rings (SSSR count). The molecule has 0 saturated carbocycles. The van der Waals surface area contributed by atoms with Crippen LogP contribution in [0.4, 0.5) is 5.69 Å². The Morgan fingerprint density at radius 2 is 2.29 bits per heavy atom. The fraction of sp³-hybridized carbons (Fsp3) is 0.588. The summed E-state index contributed by atoms with van der Waals surface area (Å²) in [5.41, 5.74) is 0.823. The van der Waals surface area contributed by atoms with Crippen LogP contribution in [0.25, 0.3) is 0 Å². The molecule has 2 saturated heterocycles. The lowest BCUT2D eigenvalue weighted by Crippen LogP contribution is -2.32. The van der Waals surface area contributed by atoms with Gasteiger partial charge in [0.05, 0.1) is 12.5 Å². The molecule has 4 nitrogen and oxygen atoms in total. The lowest BCUT2D eigenvalue weighted by Gasteiger charge is -2.19. The number of nitrogens with one attached hydrogen (secondary N) is 2. The predicted octanol–water partition coefficient (Wildman–Crippen LogP) is 2.80. The molecule has 2 fully saturated rings. The van der Waals surface area contributed by atoms with E-state index in [-0.39, 0.29) is 11.8 Å². The van der Waals surface area contributed by atoms with E-state index < -0.39 is 0 Å². The predicted molar refractivity (Wildman–Crippen MR) is 83.5 cm³/mol. The number of rotatable bonds is 5. The van der Waals surface area contributed by atoms with Gasteiger partial charge in [-0.3, -0.25) is 4.79 Å². The van der Waals surface area contributed by atoms with E-state index in [0.29, 0.717) is 24.6 Å². The molecule has 4 heteroatoms. The zero-order valence-electron chi connectivity index (χ0n) is 12.8.